The molecule has 1 aromatic carbocycles. The van der Waals surface area contributed by atoms with Crippen LogP contribution in [0.15, 0.2) is 30.0 Å². The molecule has 0 heterocycles. The fourth-order valence-electron chi connectivity index (χ4n) is 1.71. The molecule has 1 aromatic rings. The number of hydrogen-bond donors (Lipinski definition) is 1. The number of nitro groups is 1. The molecule has 0 bridgehead atoms. The van der Waals surface area contributed by atoms with Gasteiger partial charge in [-0.2, -0.15) is 0 Å². The van der Waals surface area contributed by atoms with Gasteiger partial charge in [-0.15, -0.1) is 0 Å². The minimum atomic E-state index is -0.936. The zero-order chi connectivity index (χ0) is 19.0. The second kappa shape index (κ2) is 9.01. The largest absolute Gasteiger partial charge is 0.466 e. The van der Waals surface area contributed by atoms with E-state index in [-0.39, 0.29) is 23.6 Å². The maximum absolute atomic E-state index is 11.7. The van der Waals surface area contributed by atoms with Gasteiger partial charge in [0, 0.05) is 6.07 Å². The number of carbonyl (C=O) groups excluding carboxylic acids is 3. The van der Waals surface area contributed by atoms with Crippen LogP contribution in [0.3, 0.4) is 0 Å². The average Bonchev–Trinajstić information content (AvgIpc) is 2.60. The summed E-state index contributed by atoms with van der Waals surface area (Å²) in [6.07, 6.45) is 0.787. The third-order valence-corrected chi connectivity index (χ3v) is 2.84. The Kier molecular flexibility index (Phi) is 7.07. The van der Waals surface area contributed by atoms with E-state index in [1.165, 1.54) is 12.1 Å². The normalized spacial score (nSPS) is 10.6. The number of hydrogen-bond acceptors (Lipinski definition) is 9. The highest BCUT2D eigenvalue weighted by Crippen LogP contribution is 2.27. The van der Waals surface area contributed by atoms with Crippen molar-refractivity contribution < 1.29 is 33.5 Å². The van der Waals surface area contributed by atoms with Crippen molar-refractivity contribution in [3.05, 3.63) is 45.6 Å². The van der Waals surface area contributed by atoms with Gasteiger partial charge in [0.25, 0.3) is 5.69 Å². The highest BCUT2D eigenvalue weighted by Gasteiger charge is 2.21. The van der Waals surface area contributed by atoms with Crippen molar-refractivity contribution in [3.63, 3.8) is 0 Å². The second-order valence-corrected chi connectivity index (χ2v) is 4.41. The van der Waals surface area contributed by atoms with E-state index in [1.54, 1.807) is 6.92 Å². The number of nitrogens with zero attached hydrogens (tertiary/aromatic N) is 1. The Morgan fingerprint density at radius 2 is 1.92 bits per heavy atom. The molecule has 0 amide bonds. The Morgan fingerprint density at radius 3 is 2.44 bits per heavy atom. The molecule has 0 saturated heterocycles. The number of methoxy groups -OCH3 is 2. The first-order valence-corrected chi connectivity index (χ1v) is 6.94. The number of rotatable bonds is 7. The molecule has 0 aliphatic rings. The molecule has 1 N–H and O–H groups in total. The number of nitro benzene ring substituents is 1. The molecule has 0 aliphatic heterocycles. The van der Waals surface area contributed by atoms with Crippen LogP contribution in [-0.4, -0.2) is 43.7 Å². The van der Waals surface area contributed by atoms with Crippen LogP contribution in [0.4, 0.5) is 11.4 Å². The molecule has 0 spiro atoms. The summed E-state index contributed by atoms with van der Waals surface area (Å²) in [4.78, 5) is 45.2. The van der Waals surface area contributed by atoms with Crippen molar-refractivity contribution in [2.24, 2.45) is 0 Å². The Balaban J connectivity index is 3.28. The topological polar surface area (TPSA) is 134 Å². The van der Waals surface area contributed by atoms with Gasteiger partial charge in [-0.05, 0) is 19.1 Å². The first-order valence-electron chi connectivity index (χ1n) is 6.94. The van der Waals surface area contributed by atoms with E-state index in [0.717, 1.165) is 26.4 Å². The Morgan fingerprint density at radius 1 is 1.24 bits per heavy atom. The Hall–Kier alpha value is -3.43. The molecular formula is C15H16N2O8. The summed E-state index contributed by atoms with van der Waals surface area (Å²) in [6, 6.07) is 3.48. The maximum Gasteiger partial charge on any atom is 0.354 e. The molecule has 0 saturated carbocycles. The van der Waals surface area contributed by atoms with Crippen molar-refractivity contribution in [1.29, 1.82) is 0 Å². The molecule has 10 heteroatoms. The van der Waals surface area contributed by atoms with Gasteiger partial charge >= 0.3 is 17.9 Å². The Bertz CT molecular complexity index is 726. The number of ether oxygens (including phenoxy) is 3. The van der Waals surface area contributed by atoms with Gasteiger partial charge in [0.2, 0.25) is 0 Å². The molecule has 10 nitrogen and oxygen atoms in total. The molecule has 0 aromatic heterocycles. The van der Waals surface area contributed by atoms with Crippen molar-refractivity contribution in [1.82, 2.24) is 0 Å². The van der Waals surface area contributed by atoms with Crippen LogP contribution >= 0.6 is 0 Å². The summed E-state index contributed by atoms with van der Waals surface area (Å²) in [5.41, 5.74) is -1.03. The summed E-state index contributed by atoms with van der Waals surface area (Å²) in [6.45, 7) is 1.71. The fraction of sp³-hybridized carbons (Fsp3) is 0.267. The number of esters is 3. The maximum atomic E-state index is 11.7. The van der Waals surface area contributed by atoms with Gasteiger partial charge in [-0.1, -0.05) is 0 Å². The van der Waals surface area contributed by atoms with Crippen molar-refractivity contribution in [2.45, 2.75) is 6.92 Å². The van der Waals surface area contributed by atoms with Crippen molar-refractivity contribution >= 4 is 29.3 Å². The average molecular weight is 352 g/mol. The Labute approximate surface area is 142 Å². The minimum Gasteiger partial charge on any atom is -0.466 e. The van der Waals surface area contributed by atoms with E-state index >= 15 is 0 Å². The van der Waals surface area contributed by atoms with Crippen LogP contribution in [-0.2, 0) is 23.8 Å². The van der Waals surface area contributed by atoms with Crippen molar-refractivity contribution in [3.8, 4) is 0 Å². The van der Waals surface area contributed by atoms with Gasteiger partial charge in [0.05, 0.1) is 37.4 Å². The first-order chi connectivity index (χ1) is 11.8. The molecular weight excluding hydrogens is 336 g/mol. The van der Waals surface area contributed by atoms with E-state index in [2.05, 4.69) is 14.8 Å². The van der Waals surface area contributed by atoms with Crippen LogP contribution in [0.5, 0.6) is 0 Å². The zero-order valence-corrected chi connectivity index (χ0v) is 13.7. The molecule has 134 valence electrons. The van der Waals surface area contributed by atoms with E-state index in [4.69, 9.17) is 4.74 Å². The lowest BCUT2D eigenvalue weighted by Gasteiger charge is -2.10. The molecule has 0 unspecified atom stereocenters. The molecule has 1 rings (SSSR count). The van der Waals surface area contributed by atoms with Crippen LogP contribution < -0.4 is 5.32 Å². The fourth-order valence-corrected chi connectivity index (χ4v) is 1.71. The van der Waals surface area contributed by atoms with Gasteiger partial charge in [-0.3, -0.25) is 10.1 Å². The highest BCUT2D eigenvalue weighted by molar-refractivity contribution is 5.99. The quantitative estimate of drug-likeness (QED) is 0.254. The number of nitrogens with one attached hydrogen (secondary N) is 1. The summed E-state index contributed by atoms with van der Waals surface area (Å²) >= 11 is 0. The first kappa shape index (κ1) is 19.6. The molecule has 0 atom stereocenters. The lowest BCUT2D eigenvalue weighted by molar-refractivity contribution is -0.384. The molecule has 25 heavy (non-hydrogen) atoms. The van der Waals surface area contributed by atoms with Crippen LogP contribution in [0.2, 0.25) is 0 Å². The van der Waals surface area contributed by atoms with Gasteiger partial charge in [0.15, 0.2) is 0 Å². The summed E-state index contributed by atoms with van der Waals surface area (Å²) in [5.74, 6) is -2.52. The third-order valence-electron chi connectivity index (χ3n) is 2.84. The number of anilines is 1. The SMILES string of the molecule is CCOC(=O)c1ccc(N/C(=C/C(=O)OC)C(=O)OC)c([N+](=O)[O-])c1. The van der Waals surface area contributed by atoms with E-state index in [0.29, 0.717) is 0 Å². The molecule has 0 radical (unpaired) electrons. The van der Waals surface area contributed by atoms with Crippen LogP contribution in [0, 0.1) is 10.1 Å². The second-order valence-electron chi connectivity index (χ2n) is 4.41. The van der Waals surface area contributed by atoms with Gasteiger partial charge < -0.3 is 19.5 Å². The summed E-state index contributed by atoms with van der Waals surface area (Å²) in [5, 5.41) is 13.7. The molecule has 0 fully saturated rings. The minimum absolute atomic E-state index is 0.0318. The molecule has 0 aliphatic carbocycles. The van der Waals surface area contributed by atoms with E-state index < -0.39 is 28.5 Å². The van der Waals surface area contributed by atoms with Gasteiger partial charge in [-0.25, -0.2) is 14.4 Å². The summed E-state index contributed by atoms with van der Waals surface area (Å²) < 4.78 is 13.7. The van der Waals surface area contributed by atoms with Crippen molar-refractivity contribution in [2.75, 3.05) is 26.1 Å². The van der Waals surface area contributed by atoms with E-state index in [9.17, 15) is 24.5 Å². The number of benzene rings is 1. The van der Waals surface area contributed by atoms with E-state index in [1.807, 2.05) is 0 Å². The lowest BCUT2D eigenvalue weighted by atomic mass is 10.1. The van der Waals surface area contributed by atoms with Crippen LogP contribution in [0.25, 0.3) is 0 Å². The smallest absolute Gasteiger partial charge is 0.354 e. The summed E-state index contributed by atoms with van der Waals surface area (Å²) in [7, 11) is 2.18. The standard InChI is InChI=1S/C15H16N2O8/c1-4-25-14(19)9-5-6-10(12(7-9)17(21)22)16-11(15(20)24-3)8-13(18)23-2/h5-8,16H,4H2,1-3H3/b11-8+. The predicted molar refractivity (Wildman–Crippen MR) is 84.8 cm³/mol. The lowest BCUT2D eigenvalue weighted by Crippen LogP contribution is -2.16. The van der Waals surface area contributed by atoms with Crippen LogP contribution in [0.1, 0.15) is 17.3 Å². The highest BCUT2D eigenvalue weighted by atomic mass is 16.6. The zero-order valence-electron chi connectivity index (χ0n) is 13.7. The predicted octanol–water partition coefficient (Wildman–Crippen LogP) is 1.41. The monoisotopic (exact) mass is 352 g/mol. The van der Waals surface area contributed by atoms with Gasteiger partial charge in [0.1, 0.15) is 11.4 Å². The number of carbonyl (C=O) groups is 3. The third kappa shape index (κ3) is 5.30.